The van der Waals surface area contributed by atoms with Crippen molar-refractivity contribution in [3.8, 4) is 0 Å². The van der Waals surface area contributed by atoms with Gasteiger partial charge in [-0.3, -0.25) is 4.79 Å². The molecule has 0 unspecified atom stereocenters. The first-order chi connectivity index (χ1) is 4.61. The topological polar surface area (TPSA) is 63.3 Å². The second-order valence-corrected chi connectivity index (χ2v) is 2.97. The van der Waals surface area contributed by atoms with E-state index in [1.54, 1.807) is 0 Å². The molecule has 0 aromatic heterocycles. The molecule has 0 heterocycles. The Morgan fingerprint density at radius 1 is 1.80 bits per heavy atom. The van der Waals surface area contributed by atoms with Gasteiger partial charge < -0.3 is 10.8 Å². The predicted octanol–water partition coefficient (Wildman–Crippen LogP) is 0.588. The fourth-order valence-electron chi connectivity index (χ4n) is 1.21. The number of carbonyl (C=O) groups is 1. The second kappa shape index (κ2) is 2.23. The minimum atomic E-state index is -0.931. The molecule has 1 aliphatic rings. The van der Waals surface area contributed by atoms with Crippen molar-refractivity contribution in [3.05, 3.63) is 0 Å². The van der Waals surface area contributed by atoms with Crippen molar-refractivity contribution in [1.29, 1.82) is 0 Å². The van der Waals surface area contributed by atoms with Crippen LogP contribution in [0.1, 0.15) is 26.2 Å². The van der Waals surface area contributed by atoms with E-state index >= 15 is 0 Å². The van der Waals surface area contributed by atoms with Gasteiger partial charge >= 0.3 is 5.97 Å². The first kappa shape index (κ1) is 7.54. The van der Waals surface area contributed by atoms with Gasteiger partial charge in [-0.15, -0.1) is 0 Å². The van der Waals surface area contributed by atoms with Crippen LogP contribution in [-0.4, -0.2) is 16.6 Å². The number of nitrogens with two attached hydrogens (primary N) is 1. The van der Waals surface area contributed by atoms with Gasteiger partial charge in [0.25, 0.3) is 0 Å². The van der Waals surface area contributed by atoms with Crippen molar-refractivity contribution < 1.29 is 9.90 Å². The number of carboxylic acids is 1. The molecule has 10 heavy (non-hydrogen) atoms. The lowest BCUT2D eigenvalue weighted by Gasteiger charge is -2.21. The maximum Gasteiger partial charge on any atom is 0.323 e. The summed E-state index contributed by atoms with van der Waals surface area (Å²) in [7, 11) is 0. The SMILES string of the molecule is CC[C@@](N)(C(=O)O)C1CC1. The van der Waals surface area contributed by atoms with Crippen LogP contribution < -0.4 is 5.73 Å². The van der Waals surface area contributed by atoms with E-state index in [4.69, 9.17) is 10.8 Å². The number of carboxylic acid groups (broad SMARTS) is 1. The highest BCUT2D eigenvalue weighted by Gasteiger charge is 2.46. The van der Waals surface area contributed by atoms with Gasteiger partial charge in [0.15, 0.2) is 0 Å². The third-order valence-corrected chi connectivity index (χ3v) is 2.29. The molecule has 1 fully saturated rings. The highest BCUT2D eigenvalue weighted by Crippen LogP contribution is 2.39. The summed E-state index contributed by atoms with van der Waals surface area (Å²) in [6.07, 6.45) is 2.50. The highest BCUT2D eigenvalue weighted by atomic mass is 16.4. The van der Waals surface area contributed by atoms with Gasteiger partial charge in [0.2, 0.25) is 0 Å². The number of aliphatic carboxylic acids is 1. The summed E-state index contributed by atoms with van der Waals surface area (Å²) in [5, 5.41) is 8.72. The molecule has 0 aliphatic heterocycles. The maximum absolute atomic E-state index is 10.6. The minimum Gasteiger partial charge on any atom is -0.480 e. The Bertz CT molecular complexity index is 154. The first-order valence-corrected chi connectivity index (χ1v) is 3.63. The summed E-state index contributed by atoms with van der Waals surface area (Å²) in [6, 6.07) is 0. The van der Waals surface area contributed by atoms with Crippen LogP contribution in [0.4, 0.5) is 0 Å². The normalized spacial score (nSPS) is 23.8. The Hall–Kier alpha value is -0.570. The van der Waals surface area contributed by atoms with E-state index in [1.165, 1.54) is 0 Å². The largest absolute Gasteiger partial charge is 0.480 e. The van der Waals surface area contributed by atoms with E-state index in [2.05, 4.69) is 0 Å². The third-order valence-electron chi connectivity index (χ3n) is 2.29. The van der Waals surface area contributed by atoms with Crippen molar-refractivity contribution in [3.63, 3.8) is 0 Å². The number of hydrogen-bond donors (Lipinski definition) is 2. The fourth-order valence-corrected chi connectivity index (χ4v) is 1.21. The summed E-state index contributed by atoms with van der Waals surface area (Å²) in [5.74, 6) is -0.618. The zero-order valence-electron chi connectivity index (χ0n) is 6.13. The van der Waals surface area contributed by atoms with Crippen LogP contribution in [0.25, 0.3) is 0 Å². The number of rotatable bonds is 3. The van der Waals surface area contributed by atoms with Crippen molar-refractivity contribution in [2.24, 2.45) is 11.7 Å². The van der Waals surface area contributed by atoms with Crippen LogP contribution in [0.2, 0.25) is 0 Å². The zero-order valence-corrected chi connectivity index (χ0v) is 6.13. The molecular weight excluding hydrogens is 130 g/mol. The summed E-state index contributed by atoms with van der Waals surface area (Å²) < 4.78 is 0. The van der Waals surface area contributed by atoms with Gasteiger partial charge in [-0.2, -0.15) is 0 Å². The van der Waals surface area contributed by atoms with E-state index in [0.29, 0.717) is 6.42 Å². The molecular formula is C7H13NO2. The van der Waals surface area contributed by atoms with Crippen LogP contribution in [0, 0.1) is 5.92 Å². The summed E-state index contributed by atoms with van der Waals surface area (Å²) in [6.45, 7) is 1.83. The molecule has 0 saturated heterocycles. The van der Waals surface area contributed by atoms with E-state index in [-0.39, 0.29) is 5.92 Å². The monoisotopic (exact) mass is 143 g/mol. The van der Waals surface area contributed by atoms with Crippen LogP contribution in [-0.2, 0) is 4.79 Å². The lowest BCUT2D eigenvalue weighted by molar-refractivity contribution is -0.144. The molecule has 3 N–H and O–H groups in total. The highest BCUT2D eigenvalue weighted by molar-refractivity contribution is 5.79. The molecule has 1 rings (SSSR count). The van der Waals surface area contributed by atoms with E-state index in [1.807, 2.05) is 6.92 Å². The second-order valence-electron chi connectivity index (χ2n) is 2.97. The van der Waals surface area contributed by atoms with Gasteiger partial charge in [-0.1, -0.05) is 6.92 Å². The van der Waals surface area contributed by atoms with Gasteiger partial charge in [-0.25, -0.2) is 0 Å². The van der Waals surface area contributed by atoms with Crippen LogP contribution >= 0.6 is 0 Å². The smallest absolute Gasteiger partial charge is 0.323 e. The zero-order chi connectivity index (χ0) is 7.78. The molecule has 0 aromatic rings. The molecule has 0 aromatic carbocycles. The molecule has 3 nitrogen and oxygen atoms in total. The molecule has 0 bridgehead atoms. The van der Waals surface area contributed by atoms with Crippen molar-refractivity contribution >= 4 is 5.97 Å². The predicted molar refractivity (Wildman–Crippen MR) is 37.6 cm³/mol. The van der Waals surface area contributed by atoms with Crippen LogP contribution in [0.15, 0.2) is 0 Å². The molecule has 58 valence electrons. The van der Waals surface area contributed by atoms with E-state index in [9.17, 15) is 4.79 Å². The molecule has 1 saturated carbocycles. The minimum absolute atomic E-state index is 0.231. The lowest BCUT2D eigenvalue weighted by Crippen LogP contribution is -2.49. The average molecular weight is 143 g/mol. The Morgan fingerprint density at radius 2 is 2.30 bits per heavy atom. The molecule has 3 heteroatoms. The van der Waals surface area contributed by atoms with Gasteiger partial charge in [0.05, 0.1) is 0 Å². The van der Waals surface area contributed by atoms with Gasteiger partial charge in [0.1, 0.15) is 5.54 Å². The fraction of sp³-hybridized carbons (Fsp3) is 0.857. The Kier molecular flexibility index (Phi) is 1.68. The third kappa shape index (κ3) is 1.01. The number of hydrogen-bond acceptors (Lipinski definition) is 2. The maximum atomic E-state index is 10.6. The van der Waals surface area contributed by atoms with Crippen LogP contribution in [0.3, 0.4) is 0 Å². The molecule has 0 spiro atoms. The van der Waals surface area contributed by atoms with Crippen molar-refractivity contribution in [2.75, 3.05) is 0 Å². The molecule has 1 atom stereocenters. The Morgan fingerprint density at radius 3 is 2.40 bits per heavy atom. The van der Waals surface area contributed by atoms with Crippen LogP contribution in [0.5, 0.6) is 0 Å². The summed E-state index contributed by atoms with van der Waals surface area (Å²) >= 11 is 0. The van der Waals surface area contributed by atoms with Crippen molar-refractivity contribution in [1.82, 2.24) is 0 Å². The van der Waals surface area contributed by atoms with E-state index < -0.39 is 11.5 Å². The first-order valence-electron chi connectivity index (χ1n) is 3.63. The van der Waals surface area contributed by atoms with Gasteiger partial charge in [0, 0.05) is 0 Å². The Balaban J connectivity index is 2.65. The molecule has 0 amide bonds. The molecule has 1 aliphatic carbocycles. The standard InChI is InChI=1S/C7H13NO2/c1-2-7(8,6(9)10)5-3-4-5/h5H,2-4,8H2,1H3,(H,9,10)/t7-/m0/s1. The average Bonchev–Trinajstić information content (AvgIpc) is 2.67. The summed E-state index contributed by atoms with van der Waals surface area (Å²) in [5.41, 5.74) is 4.72. The molecule has 0 radical (unpaired) electrons. The van der Waals surface area contributed by atoms with Crippen molar-refractivity contribution in [2.45, 2.75) is 31.7 Å². The van der Waals surface area contributed by atoms with Gasteiger partial charge in [-0.05, 0) is 25.2 Å². The quantitative estimate of drug-likeness (QED) is 0.607. The summed E-state index contributed by atoms with van der Waals surface area (Å²) in [4.78, 5) is 10.6. The lowest BCUT2D eigenvalue weighted by atomic mass is 9.92. The Labute approximate surface area is 60.2 Å². The van der Waals surface area contributed by atoms with E-state index in [0.717, 1.165) is 12.8 Å².